The second-order valence-corrected chi connectivity index (χ2v) is 8.88. The molecule has 5 nitrogen and oxygen atoms in total. The van der Waals surface area contributed by atoms with Crippen LogP contribution in [-0.4, -0.2) is 39.8 Å². The lowest BCUT2D eigenvalue weighted by Gasteiger charge is -2.32. The fourth-order valence-corrected chi connectivity index (χ4v) is 5.13. The minimum absolute atomic E-state index is 0.0170. The zero-order valence-corrected chi connectivity index (χ0v) is 18.2. The van der Waals surface area contributed by atoms with Crippen LogP contribution in [-0.2, 0) is 0 Å². The molecule has 0 unspecified atom stereocenters. The number of halogens is 2. The molecule has 0 N–H and O–H groups in total. The SMILES string of the molecule is Cc1nn(-c2ccccc2)c2sc(C(=O)N3CCC(Oc4ccc(F)cc4F)CC3)cc12. The van der Waals surface area contributed by atoms with Crippen LogP contribution in [0.5, 0.6) is 5.75 Å². The Kier molecular flexibility index (Phi) is 5.38. The molecule has 0 saturated carbocycles. The first-order chi connectivity index (χ1) is 15.5. The quantitative estimate of drug-likeness (QED) is 0.418. The van der Waals surface area contributed by atoms with E-state index in [1.165, 1.54) is 23.5 Å². The lowest BCUT2D eigenvalue weighted by atomic mass is 10.1. The Morgan fingerprint density at radius 3 is 2.56 bits per heavy atom. The van der Waals surface area contributed by atoms with Crippen LogP contribution >= 0.6 is 11.3 Å². The van der Waals surface area contributed by atoms with Gasteiger partial charge in [-0.05, 0) is 37.3 Å². The van der Waals surface area contributed by atoms with Gasteiger partial charge in [0.25, 0.3) is 5.91 Å². The zero-order chi connectivity index (χ0) is 22.2. The van der Waals surface area contributed by atoms with E-state index in [-0.39, 0.29) is 17.8 Å². The summed E-state index contributed by atoms with van der Waals surface area (Å²) in [7, 11) is 0. The Morgan fingerprint density at radius 1 is 1.09 bits per heavy atom. The number of para-hydroxylation sites is 1. The molecule has 2 aromatic carbocycles. The molecule has 8 heteroatoms. The molecule has 4 aromatic rings. The number of carbonyl (C=O) groups is 1. The summed E-state index contributed by atoms with van der Waals surface area (Å²) in [5.41, 5.74) is 1.84. The smallest absolute Gasteiger partial charge is 0.264 e. The topological polar surface area (TPSA) is 47.4 Å². The number of hydrogen-bond donors (Lipinski definition) is 0. The number of aryl methyl sites for hydroxylation is 1. The number of ether oxygens (including phenoxy) is 1. The molecule has 0 spiro atoms. The van der Waals surface area contributed by atoms with Gasteiger partial charge < -0.3 is 9.64 Å². The van der Waals surface area contributed by atoms with E-state index in [0.717, 1.165) is 27.7 Å². The van der Waals surface area contributed by atoms with Gasteiger partial charge in [-0.25, -0.2) is 13.5 Å². The first-order valence-corrected chi connectivity index (χ1v) is 11.3. The number of hydrogen-bond acceptors (Lipinski definition) is 4. The molecule has 1 aliphatic heterocycles. The molecule has 32 heavy (non-hydrogen) atoms. The third-order valence-electron chi connectivity index (χ3n) is 5.67. The number of aromatic nitrogens is 2. The lowest BCUT2D eigenvalue weighted by molar-refractivity contribution is 0.0592. The van der Waals surface area contributed by atoms with E-state index in [1.807, 2.05) is 48.0 Å². The molecule has 5 rings (SSSR count). The fraction of sp³-hybridized carbons (Fsp3) is 0.250. The standard InChI is InChI=1S/C24H21F2N3O2S/c1-15-19-14-22(32-24(19)29(27-15)17-5-3-2-4-6-17)23(30)28-11-9-18(10-12-28)31-21-8-7-16(25)13-20(21)26/h2-8,13-14,18H,9-12H2,1H3. The molecule has 0 radical (unpaired) electrons. The van der Waals surface area contributed by atoms with Crippen molar-refractivity contribution in [3.63, 3.8) is 0 Å². The van der Waals surface area contributed by atoms with Crippen molar-refractivity contribution in [3.05, 3.63) is 76.8 Å². The van der Waals surface area contributed by atoms with Crippen LogP contribution in [0.15, 0.2) is 54.6 Å². The zero-order valence-electron chi connectivity index (χ0n) is 17.4. The van der Waals surface area contributed by atoms with Crippen LogP contribution in [0.2, 0.25) is 0 Å². The van der Waals surface area contributed by atoms with Crippen LogP contribution in [0.1, 0.15) is 28.2 Å². The minimum atomic E-state index is -0.711. The molecule has 0 atom stereocenters. The fourth-order valence-electron chi connectivity index (χ4n) is 3.98. The summed E-state index contributed by atoms with van der Waals surface area (Å²) >= 11 is 1.44. The average molecular weight is 454 g/mol. The molecule has 2 aromatic heterocycles. The number of likely N-dealkylation sites (tertiary alicyclic amines) is 1. The van der Waals surface area contributed by atoms with Crippen LogP contribution in [0.25, 0.3) is 15.9 Å². The van der Waals surface area contributed by atoms with E-state index in [0.29, 0.717) is 30.8 Å². The number of fused-ring (bicyclic) bond motifs is 1. The van der Waals surface area contributed by atoms with Gasteiger partial charge in [0, 0.05) is 37.4 Å². The van der Waals surface area contributed by atoms with Gasteiger partial charge in [0.15, 0.2) is 11.6 Å². The van der Waals surface area contributed by atoms with Crippen LogP contribution in [0.3, 0.4) is 0 Å². The molecule has 3 heterocycles. The summed E-state index contributed by atoms with van der Waals surface area (Å²) in [5.74, 6) is -1.32. The Balaban J connectivity index is 1.29. The minimum Gasteiger partial charge on any atom is -0.487 e. The van der Waals surface area contributed by atoms with Crippen molar-refractivity contribution in [1.82, 2.24) is 14.7 Å². The monoisotopic (exact) mass is 453 g/mol. The maximum Gasteiger partial charge on any atom is 0.264 e. The molecule has 1 saturated heterocycles. The third kappa shape index (κ3) is 3.86. The van der Waals surface area contributed by atoms with E-state index in [1.54, 1.807) is 4.90 Å². The molecular formula is C24H21F2N3O2S. The van der Waals surface area contributed by atoms with Crippen molar-refractivity contribution in [3.8, 4) is 11.4 Å². The number of benzene rings is 2. The second-order valence-electron chi connectivity index (χ2n) is 7.85. The Morgan fingerprint density at radius 2 is 1.84 bits per heavy atom. The van der Waals surface area contributed by atoms with Crippen molar-refractivity contribution in [1.29, 1.82) is 0 Å². The largest absolute Gasteiger partial charge is 0.487 e. The summed E-state index contributed by atoms with van der Waals surface area (Å²) in [6.45, 7) is 2.98. The van der Waals surface area contributed by atoms with Gasteiger partial charge in [-0.3, -0.25) is 4.79 Å². The Labute approximate surface area is 187 Å². The maximum atomic E-state index is 13.9. The van der Waals surface area contributed by atoms with Crippen LogP contribution in [0, 0.1) is 18.6 Å². The molecule has 164 valence electrons. The highest BCUT2D eigenvalue weighted by molar-refractivity contribution is 7.20. The summed E-state index contributed by atoms with van der Waals surface area (Å²) in [5, 5.41) is 5.61. The van der Waals surface area contributed by atoms with Gasteiger partial charge in [0.1, 0.15) is 16.8 Å². The number of amides is 1. The van der Waals surface area contributed by atoms with Crippen LogP contribution in [0.4, 0.5) is 8.78 Å². The van der Waals surface area contributed by atoms with E-state index in [2.05, 4.69) is 5.10 Å². The first-order valence-electron chi connectivity index (χ1n) is 10.4. The third-order valence-corrected chi connectivity index (χ3v) is 6.77. The highest BCUT2D eigenvalue weighted by atomic mass is 32.1. The first kappa shape index (κ1) is 20.6. The summed E-state index contributed by atoms with van der Waals surface area (Å²) in [4.78, 5) is 16.6. The summed E-state index contributed by atoms with van der Waals surface area (Å²) in [6, 6.07) is 15.1. The molecular weight excluding hydrogens is 432 g/mol. The number of nitrogens with zero attached hydrogens (tertiary/aromatic N) is 3. The number of thiophene rings is 1. The Bertz CT molecular complexity index is 1280. The number of rotatable bonds is 4. The van der Waals surface area contributed by atoms with Crippen molar-refractivity contribution in [2.45, 2.75) is 25.9 Å². The van der Waals surface area contributed by atoms with Gasteiger partial charge in [0.2, 0.25) is 0 Å². The predicted octanol–water partition coefficient (Wildman–Crippen LogP) is 5.36. The van der Waals surface area contributed by atoms with E-state index < -0.39 is 11.6 Å². The Hall–Kier alpha value is -3.26. The maximum absolute atomic E-state index is 13.9. The van der Waals surface area contributed by atoms with Gasteiger partial charge in [0.05, 0.1) is 16.3 Å². The van der Waals surface area contributed by atoms with Gasteiger partial charge in [-0.15, -0.1) is 11.3 Å². The van der Waals surface area contributed by atoms with Crippen molar-refractivity contribution in [2.75, 3.05) is 13.1 Å². The van der Waals surface area contributed by atoms with Gasteiger partial charge in [-0.1, -0.05) is 18.2 Å². The highest BCUT2D eigenvalue weighted by Gasteiger charge is 2.27. The average Bonchev–Trinajstić information content (AvgIpc) is 3.37. The van der Waals surface area contributed by atoms with Crippen molar-refractivity contribution in [2.24, 2.45) is 0 Å². The van der Waals surface area contributed by atoms with E-state index in [4.69, 9.17) is 4.74 Å². The van der Waals surface area contributed by atoms with Crippen LogP contribution < -0.4 is 4.74 Å². The molecule has 1 aliphatic rings. The summed E-state index contributed by atoms with van der Waals surface area (Å²) < 4.78 is 34.5. The van der Waals surface area contributed by atoms with Crippen molar-refractivity contribution < 1.29 is 18.3 Å². The van der Waals surface area contributed by atoms with E-state index >= 15 is 0 Å². The molecule has 0 bridgehead atoms. The predicted molar refractivity (Wildman–Crippen MR) is 120 cm³/mol. The summed E-state index contributed by atoms with van der Waals surface area (Å²) in [6.07, 6.45) is 0.962. The lowest BCUT2D eigenvalue weighted by Crippen LogP contribution is -2.41. The van der Waals surface area contributed by atoms with Crippen molar-refractivity contribution >= 4 is 27.5 Å². The van der Waals surface area contributed by atoms with Gasteiger partial charge >= 0.3 is 0 Å². The molecule has 1 fully saturated rings. The normalized spacial score (nSPS) is 14.8. The van der Waals surface area contributed by atoms with Gasteiger partial charge in [-0.2, -0.15) is 5.10 Å². The van der Waals surface area contributed by atoms with E-state index in [9.17, 15) is 13.6 Å². The molecule has 0 aliphatic carbocycles. The number of carbonyl (C=O) groups excluding carboxylic acids is 1. The number of piperidine rings is 1. The highest BCUT2D eigenvalue weighted by Crippen LogP contribution is 2.32. The molecule has 1 amide bonds. The second kappa shape index (κ2) is 8.35.